The van der Waals surface area contributed by atoms with Gasteiger partial charge in [-0.15, -0.1) is 0 Å². The van der Waals surface area contributed by atoms with Gasteiger partial charge in [-0.3, -0.25) is 0 Å². The van der Waals surface area contributed by atoms with E-state index in [0.717, 1.165) is 6.42 Å². The van der Waals surface area contributed by atoms with Crippen molar-refractivity contribution < 1.29 is 0 Å². The Kier molecular flexibility index (Phi) is 3.14. The van der Waals surface area contributed by atoms with E-state index < -0.39 is 0 Å². The molecule has 0 saturated heterocycles. The first-order chi connectivity index (χ1) is 7.78. The van der Waals surface area contributed by atoms with Crippen molar-refractivity contribution in [3.63, 3.8) is 0 Å². The van der Waals surface area contributed by atoms with Gasteiger partial charge in [-0.25, -0.2) is 0 Å². The fourth-order valence-electron chi connectivity index (χ4n) is 3.73. The van der Waals surface area contributed by atoms with Gasteiger partial charge in [0.2, 0.25) is 0 Å². The van der Waals surface area contributed by atoms with Crippen LogP contribution in [0.4, 0.5) is 0 Å². The Morgan fingerprint density at radius 2 is 2.06 bits per heavy atom. The monoisotopic (exact) mass is 343 g/mol. The van der Waals surface area contributed by atoms with E-state index in [1.807, 2.05) is 0 Å². The molecule has 94 valence electrons. The quantitative estimate of drug-likeness (QED) is 0.350. The van der Waals surface area contributed by atoms with Crippen LogP contribution in [0.5, 0.6) is 0 Å². The number of alkyl halides is 1. The lowest BCUT2D eigenvalue weighted by atomic mass is 9.53. The zero-order chi connectivity index (χ0) is 12.9. The molecule has 2 heteroatoms. The van der Waals surface area contributed by atoms with E-state index in [0.29, 0.717) is 11.3 Å². The molecule has 0 bridgehead atoms. The van der Waals surface area contributed by atoms with Crippen LogP contribution in [-0.4, -0.2) is 3.42 Å². The number of allylic oxidation sites excluding steroid dienone is 2. The molecular formula is C15H22IN. The highest BCUT2D eigenvalue weighted by Gasteiger charge is 2.57. The molecule has 2 aliphatic rings. The van der Waals surface area contributed by atoms with E-state index in [4.69, 9.17) is 0 Å². The van der Waals surface area contributed by atoms with Gasteiger partial charge in [0.05, 0.1) is 14.9 Å². The number of fused-ring (bicyclic) bond motifs is 1. The fourth-order valence-corrected chi connectivity index (χ4v) is 5.17. The average molecular weight is 343 g/mol. The second-order valence-electron chi connectivity index (χ2n) is 6.63. The van der Waals surface area contributed by atoms with Crippen molar-refractivity contribution in [2.24, 2.45) is 16.7 Å². The van der Waals surface area contributed by atoms with Gasteiger partial charge in [0.25, 0.3) is 0 Å². The fraction of sp³-hybridized carbons (Fsp3) is 0.800. The van der Waals surface area contributed by atoms with Crippen LogP contribution < -0.4 is 0 Å². The molecule has 1 fully saturated rings. The maximum absolute atomic E-state index is 9.51. The summed E-state index contributed by atoms with van der Waals surface area (Å²) in [4.78, 5) is 0. The molecule has 1 nitrogen and oxygen atoms in total. The van der Waals surface area contributed by atoms with E-state index in [2.05, 4.69) is 62.4 Å². The summed E-state index contributed by atoms with van der Waals surface area (Å²) >= 11 is 2.67. The standard InChI is InChI=1S/C15H22IN/c1-11-14(4,10-17)9-7-12-6-5-8-13(2,3)15(11,12)16/h7,11H,5-6,8-9H2,1-4H3. The van der Waals surface area contributed by atoms with Gasteiger partial charge < -0.3 is 0 Å². The van der Waals surface area contributed by atoms with Gasteiger partial charge in [-0.05, 0) is 43.9 Å². The third-order valence-corrected chi connectivity index (χ3v) is 8.37. The zero-order valence-corrected chi connectivity index (χ0v) is 13.5. The number of halogens is 1. The molecule has 2 rings (SSSR count). The summed E-state index contributed by atoms with van der Waals surface area (Å²) < 4.78 is 0.172. The van der Waals surface area contributed by atoms with Gasteiger partial charge in [0, 0.05) is 0 Å². The van der Waals surface area contributed by atoms with Gasteiger partial charge in [-0.2, -0.15) is 5.26 Å². The van der Waals surface area contributed by atoms with E-state index in [1.54, 1.807) is 5.57 Å². The van der Waals surface area contributed by atoms with Gasteiger partial charge in [-0.1, -0.05) is 55.0 Å². The third-order valence-electron chi connectivity index (χ3n) is 5.28. The highest BCUT2D eigenvalue weighted by atomic mass is 127. The van der Waals surface area contributed by atoms with Crippen molar-refractivity contribution in [3.8, 4) is 6.07 Å². The second kappa shape index (κ2) is 3.98. The Morgan fingerprint density at radius 1 is 1.41 bits per heavy atom. The number of rotatable bonds is 0. The molecule has 2 aliphatic carbocycles. The lowest BCUT2D eigenvalue weighted by Crippen LogP contribution is -2.54. The molecule has 0 N–H and O–H groups in total. The van der Waals surface area contributed by atoms with Crippen LogP contribution >= 0.6 is 22.6 Å². The largest absolute Gasteiger partial charge is 0.198 e. The Labute approximate surface area is 119 Å². The van der Waals surface area contributed by atoms with Crippen LogP contribution in [0, 0.1) is 28.1 Å². The smallest absolute Gasteiger partial charge is 0.0693 e. The predicted molar refractivity (Wildman–Crippen MR) is 80.0 cm³/mol. The van der Waals surface area contributed by atoms with E-state index >= 15 is 0 Å². The van der Waals surface area contributed by atoms with Crippen molar-refractivity contribution in [2.75, 3.05) is 0 Å². The molecule has 0 spiro atoms. The first kappa shape index (κ1) is 13.4. The molecule has 0 radical (unpaired) electrons. The summed E-state index contributed by atoms with van der Waals surface area (Å²) in [5.74, 6) is 0.427. The summed E-state index contributed by atoms with van der Waals surface area (Å²) in [5, 5.41) is 9.51. The number of hydrogen-bond donors (Lipinski definition) is 0. The highest BCUT2D eigenvalue weighted by Crippen LogP contribution is 2.62. The molecule has 17 heavy (non-hydrogen) atoms. The summed E-state index contributed by atoms with van der Waals surface area (Å²) in [7, 11) is 0. The van der Waals surface area contributed by atoms with E-state index in [9.17, 15) is 5.26 Å². The highest BCUT2D eigenvalue weighted by molar-refractivity contribution is 14.1. The van der Waals surface area contributed by atoms with Gasteiger partial charge >= 0.3 is 0 Å². The summed E-state index contributed by atoms with van der Waals surface area (Å²) in [6.07, 6.45) is 7.12. The van der Waals surface area contributed by atoms with Crippen molar-refractivity contribution >= 4 is 22.6 Å². The number of nitrogens with zero attached hydrogens (tertiary/aromatic N) is 1. The maximum atomic E-state index is 9.51. The average Bonchev–Trinajstić information content (AvgIpc) is 2.28. The van der Waals surface area contributed by atoms with Crippen molar-refractivity contribution in [3.05, 3.63) is 11.6 Å². The van der Waals surface area contributed by atoms with E-state index in [1.165, 1.54) is 19.3 Å². The Bertz CT molecular complexity index is 404. The molecule has 1 saturated carbocycles. The first-order valence-corrected chi connectivity index (χ1v) is 7.65. The molecule has 0 aromatic rings. The van der Waals surface area contributed by atoms with Crippen LogP contribution in [0.25, 0.3) is 0 Å². The first-order valence-electron chi connectivity index (χ1n) is 6.57. The molecule has 0 heterocycles. The summed E-state index contributed by atoms with van der Waals surface area (Å²) in [6.45, 7) is 9.18. The van der Waals surface area contributed by atoms with Crippen molar-refractivity contribution in [2.45, 2.75) is 56.8 Å². The van der Waals surface area contributed by atoms with Crippen LogP contribution in [-0.2, 0) is 0 Å². The van der Waals surface area contributed by atoms with Gasteiger partial charge in [0.1, 0.15) is 0 Å². The lowest BCUT2D eigenvalue weighted by molar-refractivity contribution is 0.111. The van der Waals surface area contributed by atoms with E-state index in [-0.39, 0.29) is 8.84 Å². The molecule has 0 aromatic heterocycles. The molecule has 0 aromatic carbocycles. The van der Waals surface area contributed by atoms with Crippen molar-refractivity contribution in [1.29, 1.82) is 5.26 Å². The Balaban J connectivity index is 2.55. The van der Waals surface area contributed by atoms with Crippen molar-refractivity contribution in [1.82, 2.24) is 0 Å². The van der Waals surface area contributed by atoms with Crippen LogP contribution in [0.2, 0.25) is 0 Å². The number of nitriles is 1. The number of hydrogen-bond acceptors (Lipinski definition) is 1. The van der Waals surface area contributed by atoms with Crippen LogP contribution in [0.15, 0.2) is 11.6 Å². The molecule has 3 atom stereocenters. The predicted octanol–water partition coefficient (Wildman–Crippen LogP) is 4.87. The zero-order valence-electron chi connectivity index (χ0n) is 11.3. The minimum atomic E-state index is -0.195. The Morgan fingerprint density at radius 3 is 2.65 bits per heavy atom. The summed E-state index contributed by atoms with van der Waals surface area (Å²) in [6, 6.07) is 2.58. The molecular weight excluding hydrogens is 321 g/mol. The normalized spacial score (nSPS) is 44.5. The topological polar surface area (TPSA) is 23.8 Å². The molecule has 0 aliphatic heterocycles. The molecule has 0 amide bonds. The van der Waals surface area contributed by atoms with Crippen LogP contribution in [0.3, 0.4) is 0 Å². The maximum Gasteiger partial charge on any atom is 0.0693 e. The third kappa shape index (κ3) is 1.69. The lowest BCUT2D eigenvalue weighted by Gasteiger charge is -2.57. The minimum Gasteiger partial charge on any atom is -0.198 e. The Hall–Kier alpha value is -0.0400. The second-order valence-corrected chi connectivity index (χ2v) is 8.34. The SMILES string of the molecule is CC1C(C)(C#N)CC=C2CCCC(C)(C)C21I. The minimum absolute atomic E-state index is 0.172. The van der Waals surface area contributed by atoms with Gasteiger partial charge in [0.15, 0.2) is 0 Å². The van der Waals surface area contributed by atoms with Crippen LogP contribution in [0.1, 0.15) is 53.4 Å². The molecule has 3 unspecified atom stereocenters. The summed E-state index contributed by atoms with van der Waals surface area (Å²) in [5.41, 5.74) is 1.71.